The molecule has 0 bridgehead atoms. The van der Waals surface area contributed by atoms with Gasteiger partial charge in [-0.2, -0.15) is 0 Å². The summed E-state index contributed by atoms with van der Waals surface area (Å²) in [6.07, 6.45) is 0. The Morgan fingerprint density at radius 2 is 1.67 bits per heavy atom. The molecule has 1 radical (unpaired) electrons. The van der Waals surface area contributed by atoms with Crippen molar-refractivity contribution in [2.75, 3.05) is 25.3 Å². The average Bonchev–Trinajstić information content (AvgIpc) is 2.21. The number of hydrogen-bond acceptors (Lipinski definition) is 1. The van der Waals surface area contributed by atoms with Crippen LogP contribution in [0.25, 0.3) is 0 Å². The molecule has 0 aliphatic carbocycles. The molecule has 1 atom stereocenters. The molecule has 0 spiro atoms. The van der Waals surface area contributed by atoms with Gasteiger partial charge in [-0.15, -0.1) is 0 Å². The second kappa shape index (κ2) is 7.13. The van der Waals surface area contributed by atoms with Gasteiger partial charge in [-0.3, -0.25) is 4.79 Å². The molecule has 4 heteroatoms. The van der Waals surface area contributed by atoms with E-state index in [-0.39, 0.29) is 45.7 Å². The summed E-state index contributed by atoms with van der Waals surface area (Å²) in [5, 5.41) is 3.07. The SMILES string of the molecule is Cc1cccc(C)c1NC(=O)C(C)[P+](C)(C)C.[HH].[Y]. The summed E-state index contributed by atoms with van der Waals surface area (Å²) in [6, 6.07) is 6.07. The van der Waals surface area contributed by atoms with Crippen LogP contribution in [0.4, 0.5) is 5.69 Å². The summed E-state index contributed by atoms with van der Waals surface area (Å²) in [4.78, 5) is 12.2. The van der Waals surface area contributed by atoms with E-state index in [9.17, 15) is 4.79 Å². The third-order valence-electron chi connectivity index (χ3n) is 3.27. The van der Waals surface area contributed by atoms with E-state index < -0.39 is 7.26 Å². The molecule has 2 nitrogen and oxygen atoms in total. The van der Waals surface area contributed by atoms with Crippen molar-refractivity contribution in [3.8, 4) is 0 Å². The van der Waals surface area contributed by atoms with E-state index in [1.165, 1.54) is 0 Å². The Morgan fingerprint density at radius 3 is 2.06 bits per heavy atom. The van der Waals surface area contributed by atoms with Gasteiger partial charge >= 0.3 is 0 Å². The van der Waals surface area contributed by atoms with Crippen molar-refractivity contribution in [1.82, 2.24) is 0 Å². The number of benzene rings is 1. The van der Waals surface area contributed by atoms with Crippen LogP contribution in [-0.4, -0.2) is 31.6 Å². The van der Waals surface area contributed by atoms with E-state index in [0.29, 0.717) is 0 Å². The van der Waals surface area contributed by atoms with Crippen LogP contribution in [0.15, 0.2) is 18.2 Å². The largest absolute Gasteiger partial charge is 0.322 e. The number of nitrogens with one attached hydrogen (secondary N) is 1. The van der Waals surface area contributed by atoms with Crippen molar-refractivity contribution in [2.45, 2.75) is 26.4 Å². The molecule has 1 amide bonds. The number of hydrogen-bond donors (Lipinski definition) is 1. The summed E-state index contributed by atoms with van der Waals surface area (Å²) in [5.74, 6) is 0.142. The molecule has 1 N–H and O–H groups in total. The van der Waals surface area contributed by atoms with Gasteiger partial charge in [-0.05, 0) is 31.9 Å². The van der Waals surface area contributed by atoms with Gasteiger partial charge in [-0.1, -0.05) is 18.2 Å². The Hall–Kier alpha value is 0.224. The second-order valence-electron chi connectivity index (χ2n) is 5.55. The fourth-order valence-electron chi connectivity index (χ4n) is 1.59. The maximum Gasteiger partial charge on any atom is 0.264 e. The number of aryl methyl sites for hydroxylation is 2. The fraction of sp³-hybridized carbons (Fsp3) is 0.500. The number of rotatable bonds is 3. The first-order chi connectivity index (χ1) is 7.73. The molecule has 1 aromatic rings. The van der Waals surface area contributed by atoms with Crippen LogP contribution in [0, 0.1) is 13.8 Å². The zero-order valence-electron chi connectivity index (χ0n) is 12.2. The molecule has 1 rings (SSSR count). The first-order valence-electron chi connectivity index (χ1n) is 5.91. The minimum atomic E-state index is -1.14. The number of anilines is 1. The van der Waals surface area contributed by atoms with Gasteiger partial charge in [0, 0.05) is 67.1 Å². The molecular formula is C14H25NOPY+. The van der Waals surface area contributed by atoms with Crippen LogP contribution in [0.2, 0.25) is 0 Å². The van der Waals surface area contributed by atoms with Crippen molar-refractivity contribution in [2.24, 2.45) is 0 Å². The van der Waals surface area contributed by atoms with Gasteiger partial charge in [0.2, 0.25) is 0 Å². The zero-order chi connectivity index (χ0) is 13.2. The van der Waals surface area contributed by atoms with Gasteiger partial charge < -0.3 is 5.32 Å². The Kier molecular flexibility index (Phi) is 7.21. The smallest absolute Gasteiger partial charge is 0.264 e. The quantitative estimate of drug-likeness (QED) is 0.832. The Balaban J connectivity index is 0. The standard InChI is InChI=1S/C14H22NOP.Y.H2/c1-10-8-7-9-11(2)13(10)15-14(16)12(3)17(4,5)6;;/h7-9,12H,1-6H3;;1H/p+1. The Morgan fingerprint density at radius 1 is 1.22 bits per heavy atom. The first kappa shape index (κ1) is 18.2. The van der Waals surface area contributed by atoms with Crippen LogP contribution < -0.4 is 5.32 Å². The van der Waals surface area contributed by atoms with Gasteiger partial charge in [0.25, 0.3) is 5.91 Å². The normalized spacial score (nSPS) is 12.6. The minimum absolute atomic E-state index is 0. The number of amides is 1. The van der Waals surface area contributed by atoms with Gasteiger partial charge in [0.1, 0.15) is 5.66 Å². The molecule has 0 saturated heterocycles. The van der Waals surface area contributed by atoms with Gasteiger partial charge in [0.05, 0.1) is 0 Å². The molecule has 99 valence electrons. The number of carbonyl (C=O) groups is 1. The molecule has 0 aliphatic rings. The summed E-state index contributed by atoms with van der Waals surface area (Å²) in [5.41, 5.74) is 3.31. The van der Waals surface area contributed by atoms with Crippen LogP contribution in [-0.2, 0) is 37.5 Å². The van der Waals surface area contributed by atoms with Crippen LogP contribution in [0.5, 0.6) is 0 Å². The van der Waals surface area contributed by atoms with Crippen LogP contribution in [0.3, 0.4) is 0 Å². The molecule has 0 heterocycles. The summed E-state index contributed by atoms with van der Waals surface area (Å²) in [6.45, 7) is 12.7. The van der Waals surface area contributed by atoms with E-state index in [2.05, 4.69) is 25.3 Å². The summed E-state index contributed by atoms with van der Waals surface area (Å²) < 4.78 is 0. The van der Waals surface area contributed by atoms with E-state index in [1.807, 2.05) is 39.0 Å². The first-order valence-corrected chi connectivity index (χ1v) is 9.11. The van der Waals surface area contributed by atoms with Crippen molar-refractivity contribution < 1.29 is 38.9 Å². The average molecular weight is 343 g/mol. The molecule has 1 unspecified atom stereocenters. The predicted octanol–water partition coefficient (Wildman–Crippen LogP) is 3.78. The predicted molar refractivity (Wildman–Crippen MR) is 80.8 cm³/mol. The van der Waals surface area contributed by atoms with Crippen molar-refractivity contribution in [3.63, 3.8) is 0 Å². The van der Waals surface area contributed by atoms with E-state index >= 15 is 0 Å². The van der Waals surface area contributed by atoms with Gasteiger partial charge in [0.15, 0.2) is 0 Å². The van der Waals surface area contributed by atoms with E-state index in [4.69, 9.17) is 0 Å². The van der Waals surface area contributed by atoms with Crippen molar-refractivity contribution in [3.05, 3.63) is 29.3 Å². The number of para-hydroxylation sites is 1. The van der Waals surface area contributed by atoms with E-state index in [0.717, 1.165) is 16.8 Å². The molecule has 1 aromatic carbocycles. The van der Waals surface area contributed by atoms with Crippen LogP contribution in [0.1, 0.15) is 19.5 Å². The summed E-state index contributed by atoms with van der Waals surface area (Å²) >= 11 is 0. The van der Waals surface area contributed by atoms with Crippen molar-refractivity contribution in [1.29, 1.82) is 0 Å². The fourth-order valence-corrected chi connectivity index (χ4v) is 2.36. The van der Waals surface area contributed by atoms with Gasteiger partial charge in [-0.25, -0.2) is 0 Å². The molecule has 0 fully saturated rings. The second-order valence-corrected chi connectivity index (χ2v) is 10.6. The molecule has 0 aromatic heterocycles. The summed E-state index contributed by atoms with van der Waals surface area (Å²) in [7, 11) is -1.14. The number of carbonyl (C=O) groups excluding carboxylic acids is 1. The molecule has 0 saturated carbocycles. The Bertz CT molecular complexity index is 412. The van der Waals surface area contributed by atoms with E-state index in [1.54, 1.807) is 0 Å². The minimum Gasteiger partial charge on any atom is -0.322 e. The molecule has 0 aliphatic heterocycles. The van der Waals surface area contributed by atoms with Crippen LogP contribution >= 0.6 is 7.26 Å². The maximum absolute atomic E-state index is 12.2. The third-order valence-corrected chi connectivity index (χ3v) is 5.83. The molecular weight excluding hydrogens is 318 g/mol. The maximum atomic E-state index is 12.2. The monoisotopic (exact) mass is 343 g/mol. The zero-order valence-corrected chi connectivity index (χ0v) is 16.0. The molecule has 18 heavy (non-hydrogen) atoms. The Labute approximate surface area is 138 Å². The van der Waals surface area contributed by atoms with Crippen molar-refractivity contribution >= 4 is 18.9 Å². The topological polar surface area (TPSA) is 29.1 Å². The third kappa shape index (κ3) is 4.72.